The summed E-state index contributed by atoms with van der Waals surface area (Å²) >= 11 is 0. The number of nitrogens with zero attached hydrogens (tertiary/aromatic N) is 4. The minimum atomic E-state index is -0.590. The summed E-state index contributed by atoms with van der Waals surface area (Å²) in [4.78, 5) is 13.7. The molecule has 0 atom stereocenters. The molecule has 0 amide bonds. The summed E-state index contributed by atoms with van der Waals surface area (Å²) in [6, 6.07) is 6.41. The zero-order valence-corrected chi connectivity index (χ0v) is 17.6. The fourth-order valence-electron chi connectivity index (χ4n) is 4.97. The van der Waals surface area contributed by atoms with Crippen LogP contribution in [0.1, 0.15) is 38.5 Å². The van der Waals surface area contributed by atoms with Crippen LogP contribution in [-0.2, 0) is 4.74 Å². The molecule has 3 heterocycles. The number of aliphatic hydroxyl groups is 1. The number of benzene rings is 1. The Labute approximate surface area is 178 Å². The largest absolute Gasteiger partial charge is 0.474 e. The molecule has 0 unspecified atom stereocenters. The van der Waals surface area contributed by atoms with Crippen LogP contribution in [0.3, 0.4) is 0 Å². The van der Waals surface area contributed by atoms with Crippen LogP contribution < -0.4 is 9.64 Å². The van der Waals surface area contributed by atoms with Gasteiger partial charge in [-0.2, -0.15) is 0 Å². The fourth-order valence-corrected chi connectivity index (χ4v) is 4.97. The SMILES string of the molecule is OC1(CN2CCN(c3ccc4ncnc(OC5CCCC5)c4c3)CC2)CCOCC1. The van der Waals surface area contributed by atoms with Crippen LogP contribution in [0, 0.1) is 0 Å². The Morgan fingerprint density at radius 2 is 1.83 bits per heavy atom. The predicted molar refractivity (Wildman–Crippen MR) is 116 cm³/mol. The summed E-state index contributed by atoms with van der Waals surface area (Å²) in [5.74, 6) is 0.717. The van der Waals surface area contributed by atoms with Gasteiger partial charge in [0.1, 0.15) is 12.4 Å². The van der Waals surface area contributed by atoms with Gasteiger partial charge in [0.2, 0.25) is 5.88 Å². The first-order valence-electron chi connectivity index (χ1n) is 11.4. The minimum absolute atomic E-state index is 0.284. The Bertz CT molecular complexity index is 857. The maximum Gasteiger partial charge on any atom is 0.224 e. The van der Waals surface area contributed by atoms with Crippen LogP contribution in [0.4, 0.5) is 5.69 Å². The highest BCUT2D eigenvalue weighted by atomic mass is 16.5. The second-order valence-corrected chi connectivity index (χ2v) is 9.00. The van der Waals surface area contributed by atoms with Crippen molar-refractivity contribution in [1.82, 2.24) is 14.9 Å². The van der Waals surface area contributed by atoms with E-state index in [0.29, 0.717) is 19.1 Å². The van der Waals surface area contributed by atoms with Crippen molar-refractivity contribution in [2.24, 2.45) is 0 Å². The monoisotopic (exact) mass is 412 g/mol. The molecule has 1 aromatic carbocycles. The third kappa shape index (κ3) is 4.38. The van der Waals surface area contributed by atoms with Gasteiger partial charge in [-0.05, 0) is 43.9 Å². The number of ether oxygens (including phenoxy) is 2. The first-order valence-corrected chi connectivity index (χ1v) is 11.4. The second kappa shape index (κ2) is 8.65. The molecule has 2 aromatic rings. The fraction of sp³-hybridized carbons (Fsp3) is 0.652. The molecule has 7 heteroatoms. The summed E-state index contributed by atoms with van der Waals surface area (Å²) in [6.45, 7) is 5.89. The quantitative estimate of drug-likeness (QED) is 0.809. The van der Waals surface area contributed by atoms with Gasteiger partial charge in [-0.25, -0.2) is 9.97 Å². The lowest BCUT2D eigenvalue weighted by Crippen LogP contribution is -2.53. The maximum atomic E-state index is 10.8. The third-order valence-corrected chi connectivity index (χ3v) is 6.84. The molecule has 7 nitrogen and oxygen atoms in total. The molecular weight excluding hydrogens is 380 g/mol. The Hall–Kier alpha value is -1.96. The molecule has 5 rings (SSSR count). The van der Waals surface area contributed by atoms with Crippen molar-refractivity contribution in [1.29, 1.82) is 0 Å². The third-order valence-electron chi connectivity index (χ3n) is 6.84. The number of fused-ring (bicyclic) bond motifs is 1. The summed E-state index contributed by atoms with van der Waals surface area (Å²) < 4.78 is 11.6. The van der Waals surface area contributed by atoms with Crippen molar-refractivity contribution >= 4 is 16.6 Å². The Kier molecular flexibility index (Phi) is 5.76. The van der Waals surface area contributed by atoms with E-state index in [9.17, 15) is 5.11 Å². The normalized spacial score (nSPS) is 23.2. The predicted octanol–water partition coefficient (Wildman–Crippen LogP) is 2.61. The molecule has 0 radical (unpaired) electrons. The van der Waals surface area contributed by atoms with E-state index in [1.807, 2.05) is 0 Å². The smallest absolute Gasteiger partial charge is 0.224 e. The van der Waals surface area contributed by atoms with Gasteiger partial charge < -0.3 is 19.5 Å². The van der Waals surface area contributed by atoms with Crippen LogP contribution >= 0.6 is 0 Å². The zero-order valence-electron chi connectivity index (χ0n) is 17.6. The van der Waals surface area contributed by atoms with E-state index in [4.69, 9.17) is 9.47 Å². The number of aromatic nitrogens is 2. The molecule has 2 saturated heterocycles. The van der Waals surface area contributed by atoms with Crippen LogP contribution in [0.2, 0.25) is 0 Å². The van der Waals surface area contributed by atoms with Gasteiger partial charge >= 0.3 is 0 Å². The van der Waals surface area contributed by atoms with Crippen LogP contribution in [0.25, 0.3) is 10.9 Å². The molecule has 1 N–H and O–H groups in total. The second-order valence-electron chi connectivity index (χ2n) is 9.00. The molecule has 1 saturated carbocycles. The number of hydrogen-bond acceptors (Lipinski definition) is 7. The molecule has 2 aliphatic heterocycles. The van der Waals surface area contributed by atoms with E-state index < -0.39 is 5.60 Å². The van der Waals surface area contributed by atoms with Crippen LogP contribution in [0.15, 0.2) is 24.5 Å². The van der Waals surface area contributed by atoms with E-state index in [0.717, 1.165) is 69.3 Å². The average Bonchev–Trinajstić information content (AvgIpc) is 3.28. The lowest BCUT2D eigenvalue weighted by atomic mass is 9.93. The van der Waals surface area contributed by atoms with Gasteiger partial charge in [0.25, 0.3) is 0 Å². The van der Waals surface area contributed by atoms with Crippen LogP contribution in [0.5, 0.6) is 5.88 Å². The van der Waals surface area contributed by atoms with Crippen molar-refractivity contribution in [3.63, 3.8) is 0 Å². The number of hydrogen-bond donors (Lipinski definition) is 1. The summed E-state index contributed by atoms with van der Waals surface area (Å²) in [7, 11) is 0. The lowest BCUT2D eigenvalue weighted by molar-refractivity contribution is -0.0802. The summed E-state index contributed by atoms with van der Waals surface area (Å²) in [5, 5.41) is 11.8. The molecule has 3 aliphatic rings. The minimum Gasteiger partial charge on any atom is -0.474 e. The average molecular weight is 413 g/mol. The highest BCUT2D eigenvalue weighted by Crippen LogP contribution is 2.31. The van der Waals surface area contributed by atoms with E-state index in [2.05, 4.69) is 38.0 Å². The van der Waals surface area contributed by atoms with E-state index in [-0.39, 0.29) is 6.10 Å². The first-order chi connectivity index (χ1) is 14.7. The van der Waals surface area contributed by atoms with Crippen molar-refractivity contribution in [3.8, 4) is 5.88 Å². The van der Waals surface area contributed by atoms with E-state index >= 15 is 0 Å². The molecule has 0 spiro atoms. The molecule has 3 fully saturated rings. The van der Waals surface area contributed by atoms with Crippen LogP contribution in [-0.4, -0.2) is 77.6 Å². The van der Waals surface area contributed by atoms with E-state index in [1.54, 1.807) is 6.33 Å². The molecule has 0 bridgehead atoms. The van der Waals surface area contributed by atoms with Gasteiger partial charge in [0.15, 0.2) is 0 Å². The molecule has 162 valence electrons. The van der Waals surface area contributed by atoms with Crippen molar-refractivity contribution < 1.29 is 14.6 Å². The Morgan fingerprint density at radius 3 is 2.60 bits per heavy atom. The van der Waals surface area contributed by atoms with Crippen molar-refractivity contribution in [2.45, 2.75) is 50.2 Å². The number of β-amino-alcohol motifs (C(OH)–C–C–N with tert-alkyl or cyclic N) is 1. The first kappa shape index (κ1) is 20.0. The van der Waals surface area contributed by atoms with Gasteiger partial charge in [-0.15, -0.1) is 0 Å². The number of anilines is 1. The number of rotatable bonds is 5. The summed E-state index contributed by atoms with van der Waals surface area (Å²) in [6.07, 6.45) is 8.08. The van der Waals surface area contributed by atoms with Crippen molar-refractivity contribution in [2.75, 3.05) is 50.8 Å². The lowest BCUT2D eigenvalue weighted by Gasteiger charge is -2.41. The topological polar surface area (TPSA) is 71.0 Å². The highest BCUT2D eigenvalue weighted by molar-refractivity contribution is 5.86. The molecule has 1 aliphatic carbocycles. The van der Waals surface area contributed by atoms with Gasteiger partial charge in [0.05, 0.1) is 16.5 Å². The summed E-state index contributed by atoms with van der Waals surface area (Å²) in [5.41, 5.74) is 1.54. The molecular formula is C23H32N4O3. The van der Waals surface area contributed by atoms with Gasteiger partial charge in [0, 0.05) is 64.5 Å². The van der Waals surface area contributed by atoms with Crippen molar-refractivity contribution in [3.05, 3.63) is 24.5 Å². The Balaban J connectivity index is 1.26. The van der Waals surface area contributed by atoms with E-state index in [1.165, 1.54) is 18.5 Å². The van der Waals surface area contributed by atoms with Gasteiger partial charge in [-0.1, -0.05) is 0 Å². The Morgan fingerprint density at radius 1 is 1.07 bits per heavy atom. The van der Waals surface area contributed by atoms with Gasteiger partial charge in [-0.3, -0.25) is 4.90 Å². The highest BCUT2D eigenvalue weighted by Gasteiger charge is 2.33. The number of piperazine rings is 1. The maximum absolute atomic E-state index is 10.8. The zero-order chi connectivity index (χ0) is 20.4. The molecule has 30 heavy (non-hydrogen) atoms. The standard InChI is InChI=1S/C23H32N4O3/c28-23(7-13-29-14-8-23)16-26-9-11-27(12-10-26)18-5-6-21-20(15-18)22(25-17-24-21)30-19-3-1-2-4-19/h5-6,15,17,19,28H,1-4,7-14,16H2. The molecule has 1 aromatic heterocycles.